The van der Waals surface area contributed by atoms with Crippen molar-refractivity contribution in [3.05, 3.63) is 0 Å². The van der Waals surface area contributed by atoms with Gasteiger partial charge in [0.2, 0.25) is 0 Å². The first-order valence-electron chi connectivity index (χ1n) is 18.6. The van der Waals surface area contributed by atoms with Crippen LogP contribution in [0.2, 0.25) is 0 Å². The summed E-state index contributed by atoms with van der Waals surface area (Å²) >= 11 is 0. The van der Waals surface area contributed by atoms with Gasteiger partial charge in [-0.2, -0.15) is 0 Å². The number of hydrogen-bond donors (Lipinski definition) is 1. The van der Waals surface area contributed by atoms with Gasteiger partial charge in [-0.1, -0.05) is 91.9 Å². The topological polar surface area (TPSA) is 63.6 Å². The largest absolute Gasteiger partial charge is 0.481 e. The van der Waals surface area contributed by atoms with Gasteiger partial charge in [-0.3, -0.25) is 9.59 Å². The summed E-state index contributed by atoms with van der Waals surface area (Å²) in [5.74, 6) is 3.76. The van der Waals surface area contributed by atoms with Crippen LogP contribution in [0.4, 0.5) is 0 Å². The zero-order valence-corrected chi connectivity index (χ0v) is 28.0. The van der Waals surface area contributed by atoms with E-state index in [2.05, 4.69) is 27.7 Å². The Kier molecular flexibility index (Phi) is 12.7. The molecule has 42 heavy (non-hydrogen) atoms. The predicted molar refractivity (Wildman–Crippen MR) is 172 cm³/mol. The van der Waals surface area contributed by atoms with E-state index in [1.165, 1.54) is 109 Å². The first kappa shape index (κ1) is 33.8. The number of carbonyl (C=O) groups excluding carboxylic acids is 1. The van der Waals surface area contributed by atoms with Crippen LogP contribution in [0.3, 0.4) is 0 Å². The van der Waals surface area contributed by atoms with Crippen LogP contribution in [-0.4, -0.2) is 23.1 Å². The lowest BCUT2D eigenvalue weighted by Crippen LogP contribution is -2.54. The van der Waals surface area contributed by atoms with Crippen LogP contribution in [0.15, 0.2) is 0 Å². The van der Waals surface area contributed by atoms with E-state index in [-0.39, 0.29) is 12.1 Å². The van der Waals surface area contributed by atoms with Gasteiger partial charge in [-0.25, -0.2) is 0 Å². The molecule has 4 saturated carbocycles. The summed E-state index contributed by atoms with van der Waals surface area (Å²) in [5, 5.41) is 9.24. The first-order chi connectivity index (χ1) is 20.2. The van der Waals surface area contributed by atoms with Gasteiger partial charge < -0.3 is 9.84 Å². The Bertz CT molecular complexity index is 854. The molecule has 0 aromatic carbocycles. The molecule has 0 amide bonds. The fourth-order valence-electron chi connectivity index (χ4n) is 11.0. The Balaban J connectivity index is 1.17. The summed E-state index contributed by atoms with van der Waals surface area (Å²) in [5.41, 5.74) is 0.791. The number of carboxylic acids is 1. The highest BCUT2D eigenvalue weighted by Gasteiger charge is 2.60. The van der Waals surface area contributed by atoms with Crippen molar-refractivity contribution in [2.24, 2.45) is 46.3 Å². The summed E-state index contributed by atoms with van der Waals surface area (Å²) in [7, 11) is 0. The number of hydrogen-bond acceptors (Lipinski definition) is 3. The van der Waals surface area contributed by atoms with Gasteiger partial charge in [-0.05, 0) is 117 Å². The quantitative estimate of drug-likeness (QED) is 0.136. The molecular formula is C38H66O4. The summed E-state index contributed by atoms with van der Waals surface area (Å²) < 4.78 is 6.10. The minimum Gasteiger partial charge on any atom is -0.481 e. The van der Waals surface area contributed by atoms with Crippen molar-refractivity contribution in [3.63, 3.8) is 0 Å². The van der Waals surface area contributed by atoms with Gasteiger partial charge in [0.05, 0.1) is 0 Å². The Morgan fingerprint density at radius 1 is 0.762 bits per heavy atom. The van der Waals surface area contributed by atoms with Crippen LogP contribution in [0.1, 0.15) is 175 Å². The third kappa shape index (κ3) is 8.15. The number of rotatable bonds is 17. The normalized spacial score (nSPS) is 36.5. The van der Waals surface area contributed by atoms with Crippen LogP contribution in [-0.2, 0) is 14.3 Å². The monoisotopic (exact) mass is 586 g/mol. The van der Waals surface area contributed by atoms with E-state index < -0.39 is 5.97 Å². The maximum Gasteiger partial charge on any atom is 0.306 e. The van der Waals surface area contributed by atoms with Gasteiger partial charge in [0.25, 0.3) is 0 Å². The smallest absolute Gasteiger partial charge is 0.306 e. The average molecular weight is 587 g/mol. The van der Waals surface area contributed by atoms with E-state index in [0.29, 0.717) is 41.4 Å². The maximum absolute atomic E-state index is 12.7. The van der Waals surface area contributed by atoms with E-state index >= 15 is 0 Å². The molecule has 4 fully saturated rings. The van der Waals surface area contributed by atoms with Crippen molar-refractivity contribution in [2.45, 2.75) is 181 Å². The number of ether oxygens (including phenoxy) is 1. The molecule has 1 N–H and O–H groups in total. The third-order valence-corrected chi connectivity index (χ3v) is 13.5. The van der Waals surface area contributed by atoms with E-state index in [4.69, 9.17) is 4.74 Å². The van der Waals surface area contributed by atoms with Crippen molar-refractivity contribution in [1.29, 1.82) is 0 Å². The van der Waals surface area contributed by atoms with Gasteiger partial charge in [-0.15, -0.1) is 0 Å². The maximum atomic E-state index is 12.7. The van der Waals surface area contributed by atoms with E-state index in [1.54, 1.807) is 0 Å². The Labute approximate surface area is 258 Å². The molecule has 4 heteroatoms. The van der Waals surface area contributed by atoms with Crippen LogP contribution in [0.5, 0.6) is 0 Å². The average Bonchev–Trinajstić information content (AvgIpc) is 3.32. The number of unbranched alkanes of at least 4 members (excludes halogenated alkanes) is 10. The third-order valence-electron chi connectivity index (χ3n) is 13.5. The summed E-state index contributed by atoms with van der Waals surface area (Å²) in [6.07, 6.45) is 27.6. The highest BCUT2D eigenvalue weighted by Crippen LogP contribution is 2.68. The second-order valence-corrected chi connectivity index (χ2v) is 16.0. The van der Waals surface area contributed by atoms with Crippen molar-refractivity contribution < 1.29 is 19.4 Å². The Morgan fingerprint density at radius 3 is 2.05 bits per heavy atom. The van der Waals surface area contributed by atoms with Crippen molar-refractivity contribution in [3.8, 4) is 0 Å². The molecule has 4 aliphatic carbocycles. The fourth-order valence-corrected chi connectivity index (χ4v) is 11.0. The van der Waals surface area contributed by atoms with E-state index in [0.717, 1.165) is 43.4 Å². The summed E-state index contributed by atoms with van der Waals surface area (Å²) in [6, 6.07) is 0. The van der Waals surface area contributed by atoms with E-state index in [1.807, 2.05) is 0 Å². The molecule has 0 saturated heterocycles. The van der Waals surface area contributed by atoms with Gasteiger partial charge >= 0.3 is 11.9 Å². The minimum atomic E-state index is -0.646. The predicted octanol–water partition coefficient (Wildman–Crippen LogP) is 10.8. The molecule has 4 nitrogen and oxygen atoms in total. The van der Waals surface area contributed by atoms with Crippen molar-refractivity contribution in [2.75, 3.05) is 0 Å². The molecule has 4 rings (SSSR count). The molecule has 4 aliphatic rings. The van der Waals surface area contributed by atoms with Gasteiger partial charge in [0.1, 0.15) is 6.10 Å². The van der Waals surface area contributed by atoms with Gasteiger partial charge in [0.15, 0.2) is 0 Å². The lowest BCUT2D eigenvalue weighted by molar-refractivity contribution is -0.162. The Hall–Kier alpha value is -1.06. The fraction of sp³-hybridized carbons (Fsp3) is 0.947. The number of esters is 1. The number of carbonyl (C=O) groups is 2. The number of aliphatic carboxylic acids is 1. The zero-order chi connectivity index (χ0) is 30.2. The standard InChI is InChI=1S/C38H66O4/c1-5-6-7-8-9-10-11-12-13-14-15-16-36(41)42-30-23-25-37(3)29(27-30)18-19-31-33-21-20-32(28(2)17-22-35(39)40)38(33,4)26-24-34(31)37/h28-34H,5-27H2,1-4H3,(H,39,40)/t28-,29-,30-,31?,32-,33?,34?,37+,38-/m1/s1. The SMILES string of the molecule is CCCCCCCCCCCCCC(=O)O[C@@H]1CC[C@]2(C)C3CC[C@@]4(C)C(CC[C@@H]4[C@H](C)CCC(=O)O)C3CC[C@@H]2C1. The van der Waals surface area contributed by atoms with Crippen LogP contribution >= 0.6 is 0 Å². The highest BCUT2D eigenvalue weighted by molar-refractivity contribution is 5.69. The van der Waals surface area contributed by atoms with Gasteiger partial charge in [0, 0.05) is 12.8 Å². The molecular weight excluding hydrogens is 520 g/mol. The molecule has 242 valence electrons. The van der Waals surface area contributed by atoms with Crippen LogP contribution in [0, 0.1) is 46.3 Å². The lowest BCUT2D eigenvalue weighted by atomic mass is 9.44. The second-order valence-electron chi connectivity index (χ2n) is 16.0. The van der Waals surface area contributed by atoms with Crippen LogP contribution < -0.4 is 0 Å². The summed E-state index contributed by atoms with van der Waals surface area (Å²) in [4.78, 5) is 23.9. The van der Waals surface area contributed by atoms with Crippen molar-refractivity contribution in [1.82, 2.24) is 0 Å². The molecule has 0 heterocycles. The molecule has 0 spiro atoms. The molecule has 3 unspecified atom stereocenters. The molecule has 0 bridgehead atoms. The molecule has 0 aromatic heterocycles. The highest BCUT2D eigenvalue weighted by atomic mass is 16.5. The second kappa shape index (κ2) is 15.8. The number of carboxylic acid groups (broad SMARTS) is 1. The van der Waals surface area contributed by atoms with E-state index in [9.17, 15) is 14.7 Å². The minimum absolute atomic E-state index is 0.0515. The lowest BCUT2D eigenvalue weighted by Gasteiger charge is -2.61. The molecule has 0 radical (unpaired) electrons. The molecule has 0 aliphatic heterocycles. The first-order valence-corrected chi connectivity index (χ1v) is 18.6. The summed E-state index contributed by atoms with van der Waals surface area (Å²) in [6.45, 7) is 9.77. The molecule has 9 atom stereocenters. The zero-order valence-electron chi connectivity index (χ0n) is 28.0. The van der Waals surface area contributed by atoms with Crippen molar-refractivity contribution >= 4 is 11.9 Å². The number of fused-ring (bicyclic) bond motifs is 5. The van der Waals surface area contributed by atoms with Crippen LogP contribution in [0.25, 0.3) is 0 Å². The molecule has 0 aromatic rings. The Morgan fingerprint density at radius 2 is 1.38 bits per heavy atom.